The van der Waals surface area contributed by atoms with Crippen LogP contribution in [0.25, 0.3) is 0 Å². The number of hydrogen-bond donors (Lipinski definition) is 0. The zero-order valence-corrected chi connectivity index (χ0v) is 12.8. The van der Waals surface area contributed by atoms with Crippen molar-refractivity contribution in [3.8, 4) is 5.75 Å². The third-order valence-corrected chi connectivity index (χ3v) is 2.65. The molecule has 2 atom stereocenters. The van der Waals surface area contributed by atoms with Crippen LogP contribution in [-0.4, -0.2) is 18.5 Å². The summed E-state index contributed by atoms with van der Waals surface area (Å²) in [5.41, 5.74) is 0.330. The molecule has 1 rings (SSSR count). The molecule has 0 radical (unpaired) electrons. The molecule has 2 unspecified atom stereocenters. The van der Waals surface area contributed by atoms with E-state index in [-0.39, 0.29) is 0 Å². The zero-order valence-electron chi connectivity index (χ0n) is 11.2. The Balaban J connectivity index is 2.42. The van der Waals surface area contributed by atoms with Crippen LogP contribution in [0.2, 0.25) is 0 Å². The van der Waals surface area contributed by atoms with Gasteiger partial charge >= 0.3 is 5.97 Å². The fourth-order valence-corrected chi connectivity index (χ4v) is 1.55. The van der Waals surface area contributed by atoms with E-state index in [1.54, 1.807) is 20.8 Å². The molecule has 0 heterocycles. The molecule has 0 N–H and O–H groups in total. The molecule has 19 heavy (non-hydrogen) atoms. The number of esters is 1. The van der Waals surface area contributed by atoms with Crippen LogP contribution >= 0.6 is 15.9 Å². The van der Waals surface area contributed by atoms with Crippen LogP contribution in [0.1, 0.15) is 20.8 Å². The van der Waals surface area contributed by atoms with Gasteiger partial charge in [0.05, 0.1) is 0 Å². The molecule has 0 bridgehead atoms. The zero-order chi connectivity index (χ0) is 14.4. The second kappa shape index (κ2) is 7.31. The topological polar surface area (TPSA) is 44.8 Å². The summed E-state index contributed by atoms with van der Waals surface area (Å²) in [6.45, 7) is 8.43. The SMILES string of the molecule is C=C(C)C(=O)OC(C)OC(C)Oc1ccc(Br)cc1. The monoisotopic (exact) mass is 328 g/mol. The minimum atomic E-state index is -0.699. The van der Waals surface area contributed by atoms with Gasteiger partial charge < -0.3 is 14.2 Å². The summed E-state index contributed by atoms with van der Waals surface area (Å²) in [6, 6.07) is 7.36. The van der Waals surface area contributed by atoms with Crippen molar-refractivity contribution in [2.45, 2.75) is 33.4 Å². The van der Waals surface area contributed by atoms with E-state index in [2.05, 4.69) is 22.5 Å². The molecule has 5 heteroatoms. The van der Waals surface area contributed by atoms with Crippen molar-refractivity contribution >= 4 is 21.9 Å². The number of carbonyl (C=O) groups is 1. The van der Waals surface area contributed by atoms with E-state index in [4.69, 9.17) is 14.2 Å². The summed E-state index contributed by atoms with van der Waals surface area (Å²) in [5, 5.41) is 0. The number of halogens is 1. The molecular weight excluding hydrogens is 312 g/mol. The lowest BCUT2D eigenvalue weighted by atomic mass is 10.3. The number of benzene rings is 1. The normalized spacial score (nSPS) is 13.5. The van der Waals surface area contributed by atoms with Gasteiger partial charge in [0.2, 0.25) is 12.6 Å². The highest BCUT2D eigenvalue weighted by molar-refractivity contribution is 9.10. The predicted octanol–water partition coefficient (Wildman–Crippen LogP) is 3.66. The Bertz CT molecular complexity index is 441. The van der Waals surface area contributed by atoms with Crippen molar-refractivity contribution in [3.63, 3.8) is 0 Å². The van der Waals surface area contributed by atoms with Gasteiger partial charge in [0, 0.05) is 10.0 Å². The van der Waals surface area contributed by atoms with Gasteiger partial charge in [-0.1, -0.05) is 22.5 Å². The van der Waals surface area contributed by atoms with E-state index < -0.39 is 18.5 Å². The summed E-state index contributed by atoms with van der Waals surface area (Å²) in [6.07, 6.45) is -1.23. The highest BCUT2D eigenvalue weighted by Crippen LogP contribution is 2.18. The maximum absolute atomic E-state index is 11.3. The van der Waals surface area contributed by atoms with Crippen LogP contribution in [0.4, 0.5) is 0 Å². The fourth-order valence-electron chi connectivity index (χ4n) is 1.28. The Morgan fingerprint density at radius 1 is 1.21 bits per heavy atom. The number of hydrogen-bond acceptors (Lipinski definition) is 4. The molecule has 0 spiro atoms. The van der Waals surface area contributed by atoms with Crippen LogP contribution in [0, 0.1) is 0 Å². The molecular formula is C14H17BrO4. The first kappa shape index (κ1) is 15.7. The van der Waals surface area contributed by atoms with Crippen molar-refractivity contribution in [1.82, 2.24) is 0 Å². The van der Waals surface area contributed by atoms with Gasteiger partial charge in [0.15, 0.2) is 0 Å². The number of carbonyl (C=O) groups excluding carboxylic acids is 1. The van der Waals surface area contributed by atoms with E-state index in [0.29, 0.717) is 11.3 Å². The van der Waals surface area contributed by atoms with E-state index in [1.165, 1.54) is 0 Å². The molecule has 1 aromatic rings. The molecule has 0 saturated heterocycles. The Kier molecular flexibility index (Phi) is 6.05. The quantitative estimate of drug-likeness (QED) is 0.454. The maximum atomic E-state index is 11.3. The predicted molar refractivity (Wildman–Crippen MR) is 75.7 cm³/mol. The summed E-state index contributed by atoms with van der Waals surface area (Å²) in [7, 11) is 0. The lowest BCUT2D eigenvalue weighted by Gasteiger charge is -2.20. The van der Waals surface area contributed by atoms with Crippen molar-refractivity contribution < 1.29 is 19.0 Å². The Hall–Kier alpha value is -1.33. The van der Waals surface area contributed by atoms with Crippen molar-refractivity contribution in [1.29, 1.82) is 0 Å². The van der Waals surface area contributed by atoms with E-state index in [0.717, 1.165) is 4.47 Å². The Morgan fingerprint density at radius 2 is 1.79 bits per heavy atom. The molecule has 0 aromatic heterocycles. The van der Waals surface area contributed by atoms with Crippen molar-refractivity contribution in [2.75, 3.05) is 0 Å². The molecule has 4 nitrogen and oxygen atoms in total. The third-order valence-electron chi connectivity index (χ3n) is 2.12. The van der Waals surface area contributed by atoms with Gasteiger partial charge in [-0.3, -0.25) is 0 Å². The average molecular weight is 329 g/mol. The lowest BCUT2D eigenvalue weighted by molar-refractivity contribution is -0.205. The second-order valence-electron chi connectivity index (χ2n) is 4.03. The largest absolute Gasteiger partial charge is 0.465 e. The molecule has 0 saturated carbocycles. The highest BCUT2D eigenvalue weighted by atomic mass is 79.9. The summed E-state index contributed by atoms with van der Waals surface area (Å²) in [5.74, 6) is 0.192. The number of ether oxygens (including phenoxy) is 3. The van der Waals surface area contributed by atoms with Gasteiger partial charge in [-0.2, -0.15) is 0 Å². The smallest absolute Gasteiger partial charge is 0.335 e. The third kappa shape index (κ3) is 5.89. The van der Waals surface area contributed by atoms with Gasteiger partial charge in [0.25, 0.3) is 0 Å². The molecule has 1 aromatic carbocycles. The van der Waals surface area contributed by atoms with Crippen LogP contribution < -0.4 is 4.74 Å². The molecule has 0 amide bonds. The van der Waals surface area contributed by atoms with Crippen LogP contribution in [-0.2, 0) is 14.3 Å². The van der Waals surface area contributed by atoms with Gasteiger partial charge in [-0.25, -0.2) is 4.79 Å². The van der Waals surface area contributed by atoms with Crippen LogP contribution in [0.5, 0.6) is 5.75 Å². The minimum absolute atomic E-state index is 0.330. The van der Waals surface area contributed by atoms with Crippen LogP contribution in [0.15, 0.2) is 40.9 Å². The molecule has 0 fully saturated rings. The molecule has 0 aliphatic rings. The fraction of sp³-hybridized carbons (Fsp3) is 0.357. The average Bonchev–Trinajstić information content (AvgIpc) is 2.31. The summed E-state index contributed by atoms with van der Waals surface area (Å²) >= 11 is 3.34. The number of rotatable bonds is 6. The first-order chi connectivity index (χ1) is 8.88. The first-order valence-electron chi connectivity index (χ1n) is 5.82. The van der Waals surface area contributed by atoms with Crippen molar-refractivity contribution in [3.05, 3.63) is 40.9 Å². The first-order valence-corrected chi connectivity index (χ1v) is 6.62. The van der Waals surface area contributed by atoms with E-state index in [1.807, 2.05) is 24.3 Å². The van der Waals surface area contributed by atoms with Crippen LogP contribution in [0.3, 0.4) is 0 Å². The maximum Gasteiger partial charge on any atom is 0.335 e. The van der Waals surface area contributed by atoms with Gasteiger partial charge in [-0.15, -0.1) is 0 Å². The lowest BCUT2D eigenvalue weighted by Crippen LogP contribution is -2.26. The molecule has 0 aliphatic carbocycles. The summed E-state index contributed by atoms with van der Waals surface area (Å²) < 4.78 is 16.9. The van der Waals surface area contributed by atoms with E-state index >= 15 is 0 Å². The second-order valence-corrected chi connectivity index (χ2v) is 4.94. The van der Waals surface area contributed by atoms with Crippen molar-refractivity contribution in [2.24, 2.45) is 0 Å². The van der Waals surface area contributed by atoms with Gasteiger partial charge in [-0.05, 0) is 45.0 Å². The molecule has 0 aliphatic heterocycles. The Labute approximate surface area is 121 Å². The highest BCUT2D eigenvalue weighted by Gasteiger charge is 2.14. The summed E-state index contributed by atoms with van der Waals surface area (Å²) in [4.78, 5) is 11.3. The minimum Gasteiger partial charge on any atom is -0.465 e. The Morgan fingerprint density at radius 3 is 2.32 bits per heavy atom. The molecule has 104 valence electrons. The van der Waals surface area contributed by atoms with E-state index in [9.17, 15) is 4.79 Å². The standard InChI is InChI=1S/C14H17BrO4/c1-9(2)14(16)19-11(4)17-10(3)18-13-7-5-12(15)6-8-13/h5-8,10-11H,1H2,2-4H3. The van der Waals surface area contributed by atoms with Gasteiger partial charge in [0.1, 0.15) is 5.75 Å².